The van der Waals surface area contributed by atoms with Gasteiger partial charge in [0.15, 0.2) is 0 Å². The van der Waals surface area contributed by atoms with E-state index in [4.69, 9.17) is 11.6 Å². The monoisotopic (exact) mass is 300 g/mol. The van der Waals surface area contributed by atoms with Crippen LogP contribution in [0.5, 0.6) is 0 Å². The molecule has 0 saturated carbocycles. The van der Waals surface area contributed by atoms with Crippen LogP contribution in [0, 0.1) is 0 Å². The Morgan fingerprint density at radius 3 is 2.57 bits per heavy atom. The molecule has 0 bridgehead atoms. The summed E-state index contributed by atoms with van der Waals surface area (Å²) >= 11 is 6.33. The van der Waals surface area contributed by atoms with Gasteiger partial charge in [-0.3, -0.25) is 4.90 Å². The normalized spacial score (nSPS) is 18.5. The van der Waals surface area contributed by atoms with Gasteiger partial charge in [-0.2, -0.15) is 0 Å². The van der Waals surface area contributed by atoms with Gasteiger partial charge in [0.1, 0.15) is 0 Å². The van der Waals surface area contributed by atoms with E-state index >= 15 is 0 Å². The molecule has 2 nitrogen and oxygen atoms in total. The number of hydrogen-bond donors (Lipinski definition) is 1. The topological polar surface area (TPSA) is 15.3 Å². The predicted molar refractivity (Wildman–Crippen MR) is 88.6 cm³/mol. The van der Waals surface area contributed by atoms with Crippen LogP contribution in [0.25, 0.3) is 0 Å². The third-order valence-electron chi connectivity index (χ3n) is 4.23. The lowest BCUT2D eigenvalue weighted by Crippen LogP contribution is -2.45. The maximum absolute atomic E-state index is 6.33. The first-order chi connectivity index (χ1) is 10.3. The number of halogens is 1. The fourth-order valence-corrected chi connectivity index (χ4v) is 3.30. The van der Waals surface area contributed by atoms with Crippen molar-refractivity contribution in [2.24, 2.45) is 0 Å². The zero-order chi connectivity index (χ0) is 14.7. The van der Waals surface area contributed by atoms with Crippen molar-refractivity contribution < 1.29 is 0 Å². The molecule has 3 rings (SSSR count). The predicted octanol–water partition coefficient (Wildman–Crippen LogP) is 3.49. The average Bonchev–Trinajstić information content (AvgIpc) is 2.50. The van der Waals surface area contributed by atoms with E-state index in [1.54, 1.807) is 0 Å². The molecule has 1 atom stereocenters. The summed E-state index contributed by atoms with van der Waals surface area (Å²) in [5.41, 5.74) is 4.13. The molecular formula is C18H21ClN2. The van der Waals surface area contributed by atoms with Crippen molar-refractivity contribution in [3.8, 4) is 0 Å². The second-order valence-corrected chi connectivity index (χ2v) is 6.09. The fraction of sp³-hybridized carbons (Fsp3) is 0.333. The Morgan fingerprint density at radius 1 is 1.10 bits per heavy atom. The molecule has 0 aliphatic carbocycles. The van der Waals surface area contributed by atoms with Crippen LogP contribution in [0.1, 0.15) is 16.7 Å². The minimum absolute atomic E-state index is 0.515. The van der Waals surface area contributed by atoms with E-state index in [2.05, 4.69) is 46.6 Å². The number of likely N-dealkylation sites (N-methyl/N-ethyl adjacent to an activating group) is 1. The van der Waals surface area contributed by atoms with Crippen molar-refractivity contribution in [3.05, 3.63) is 70.2 Å². The van der Waals surface area contributed by atoms with Gasteiger partial charge >= 0.3 is 0 Å². The zero-order valence-electron chi connectivity index (χ0n) is 12.3. The molecule has 0 radical (unpaired) electrons. The highest BCUT2D eigenvalue weighted by atomic mass is 35.5. The van der Waals surface area contributed by atoms with Gasteiger partial charge in [-0.1, -0.05) is 54.1 Å². The molecule has 0 amide bonds. The SMILES string of the molecule is CNCC1Cc2ccccc2CN1Cc1ccccc1Cl. The molecule has 1 aliphatic rings. The van der Waals surface area contributed by atoms with Crippen molar-refractivity contribution in [3.63, 3.8) is 0 Å². The number of fused-ring (bicyclic) bond motifs is 1. The molecule has 110 valence electrons. The molecule has 1 N–H and O–H groups in total. The van der Waals surface area contributed by atoms with Crippen LogP contribution in [0.3, 0.4) is 0 Å². The van der Waals surface area contributed by atoms with E-state index in [9.17, 15) is 0 Å². The summed E-state index contributed by atoms with van der Waals surface area (Å²) in [5.74, 6) is 0. The van der Waals surface area contributed by atoms with Gasteiger partial charge in [0.2, 0.25) is 0 Å². The first-order valence-electron chi connectivity index (χ1n) is 7.47. The van der Waals surface area contributed by atoms with Gasteiger partial charge in [-0.15, -0.1) is 0 Å². The molecule has 2 aromatic carbocycles. The third kappa shape index (κ3) is 3.29. The summed E-state index contributed by atoms with van der Waals surface area (Å²) in [5, 5.41) is 4.18. The molecule has 0 saturated heterocycles. The Morgan fingerprint density at radius 2 is 1.81 bits per heavy atom. The Hall–Kier alpha value is -1.35. The average molecular weight is 301 g/mol. The highest BCUT2D eigenvalue weighted by Crippen LogP contribution is 2.26. The van der Waals surface area contributed by atoms with E-state index in [1.807, 2.05) is 19.2 Å². The Bertz CT molecular complexity index is 612. The van der Waals surface area contributed by atoms with E-state index in [-0.39, 0.29) is 0 Å². The number of nitrogens with zero attached hydrogens (tertiary/aromatic N) is 1. The van der Waals surface area contributed by atoms with Crippen LogP contribution in [-0.4, -0.2) is 24.5 Å². The van der Waals surface area contributed by atoms with E-state index in [0.717, 1.165) is 31.1 Å². The van der Waals surface area contributed by atoms with Crippen molar-refractivity contribution >= 4 is 11.6 Å². The van der Waals surface area contributed by atoms with Crippen LogP contribution < -0.4 is 5.32 Å². The van der Waals surface area contributed by atoms with Crippen molar-refractivity contribution in [2.75, 3.05) is 13.6 Å². The summed E-state index contributed by atoms with van der Waals surface area (Å²) < 4.78 is 0. The van der Waals surface area contributed by atoms with Gasteiger partial charge in [0.25, 0.3) is 0 Å². The Balaban J connectivity index is 1.84. The number of benzene rings is 2. The van der Waals surface area contributed by atoms with Crippen LogP contribution >= 0.6 is 11.6 Å². The maximum atomic E-state index is 6.33. The molecule has 1 aliphatic heterocycles. The van der Waals surface area contributed by atoms with Gasteiger partial charge in [0, 0.05) is 30.7 Å². The first-order valence-corrected chi connectivity index (χ1v) is 7.84. The second-order valence-electron chi connectivity index (χ2n) is 5.68. The molecular weight excluding hydrogens is 280 g/mol. The van der Waals surface area contributed by atoms with Crippen LogP contribution in [0.15, 0.2) is 48.5 Å². The molecule has 1 heterocycles. The lowest BCUT2D eigenvalue weighted by atomic mass is 9.93. The highest BCUT2D eigenvalue weighted by Gasteiger charge is 2.25. The lowest BCUT2D eigenvalue weighted by molar-refractivity contribution is 0.161. The summed E-state index contributed by atoms with van der Waals surface area (Å²) in [4.78, 5) is 2.53. The Labute approximate surface area is 131 Å². The molecule has 21 heavy (non-hydrogen) atoms. The van der Waals surface area contributed by atoms with Crippen LogP contribution in [-0.2, 0) is 19.5 Å². The van der Waals surface area contributed by atoms with Gasteiger partial charge < -0.3 is 5.32 Å². The third-order valence-corrected chi connectivity index (χ3v) is 4.60. The fourth-order valence-electron chi connectivity index (χ4n) is 3.11. The number of nitrogens with one attached hydrogen (secondary N) is 1. The largest absolute Gasteiger partial charge is 0.318 e. The number of rotatable bonds is 4. The number of hydrogen-bond acceptors (Lipinski definition) is 2. The minimum atomic E-state index is 0.515. The highest BCUT2D eigenvalue weighted by molar-refractivity contribution is 6.31. The molecule has 0 fully saturated rings. The van der Waals surface area contributed by atoms with Crippen molar-refractivity contribution in [1.29, 1.82) is 0 Å². The smallest absolute Gasteiger partial charge is 0.0451 e. The molecule has 0 spiro atoms. The standard InChI is InChI=1S/C18H21ClN2/c1-20-11-17-10-14-6-2-3-7-15(14)12-21(17)13-16-8-4-5-9-18(16)19/h2-9,17,20H,10-13H2,1H3. The van der Waals surface area contributed by atoms with Gasteiger partial charge in [-0.25, -0.2) is 0 Å². The summed E-state index contributed by atoms with van der Waals surface area (Å²) in [6.07, 6.45) is 1.10. The van der Waals surface area contributed by atoms with E-state index < -0.39 is 0 Å². The first kappa shape index (κ1) is 14.6. The summed E-state index contributed by atoms with van der Waals surface area (Å²) in [6, 6.07) is 17.4. The molecule has 2 aromatic rings. The zero-order valence-corrected chi connectivity index (χ0v) is 13.1. The van der Waals surface area contributed by atoms with Gasteiger partial charge in [0.05, 0.1) is 0 Å². The Kier molecular flexibility index (Phi) is 4.59. The lowest BCUT2D eigenvalue weighted by Gasteiger charge is -2.37. The molecule has 1 unspecified atom stereocenters. The summed E-state index contributed by atoms with van der Waals surface area (Å²) in [6.45, 7) is 2.90. The van der Waals surface area contributed by atoms with Crippen LogP contribution in [0.2, 0.25) is 5.02 Å². The van der Waals surface area contributed by atoms with Crippen LogP contribution in [0.4, 0.5) is 0 Å². The quantitative estimate of drug-likeness (QED) is 0.930. The molecule has 0 aromatic heterocycles. The van der Waals surface area contributed by atoms with Crippen molar-refractivity contribution in [1.82, 2.24) is 10.2 Å². The maximum Gasteiger partial charge on any atom is 0.0451 e. The van der Waals surface area contributed by atoms with Gasteiger partial charge in [-0.05, 0) is 36.2 Å². The second kappa shape index (κ2) is 6.61. The van der Waals surface area contributed by atoms with E-state index in [1.165, 1.54) is 16.7 Å². The molecule has 3 heteroatoms. The van der Waals surface area contributed by atoms with E-state index in [0.29, 0.717) is 6.04 Å². The summed E-state index contributed by atoms with van der Waals surface area (Å²) in [7, 11) is 2.02. The minimum Gasteiger partial charge on any atom is -0.318 e. The van der Waals surface area contributed by atoms with Crippen molar-refractivity contribution in [2.45, 2.75) is 25.6 Å².